The fraction of sp³-hybridized carbons (Fsp3) is 0.700. The van der Waals surface area contributed by atoms with Gasteiger partial charge in [-0.2, -0.15) is 0 Å². The minimum Gasteiger partial charge on any atom is -0.340 e. The zero-order chi connectivity index (χ0) is 12.4. The van der Waals surface area contributed by atoms with Gasteiger partial charge in [-0.15, -0.1) is 0 Å². The van der Waals surface area contributed by atoms with Gasteiger partial charge in [0.25, 0.3) is 5.24 Å². The van der Waals surface area contributed by atoms with Crippen LogP contribution in [0.15, 0.2) is 0 Å². The normalized spacial score (nSPS) is 25.6. The largest absolute Gasteiger partial charge is 0.340 e. The lowest BCUT2D eigenvalue weighted by Crippen LogP contribution is -2.47. The third-order valence-corrected chi connectivity index (χ3v) is 4.08. The molecule has 0 aromatic heterocycles. The van der Waals surface area contributed by atoms with Crippen LogP contribution in [0, 0.1) is 0 Å². The molecule has 0 bridgehead atoms. The molecular formula is C10H15N3O3S. The second-order valence-corrected chi connectivity index (χ2v) is 5.26. The average molecular weight is 257 g/mol. The Morgan fingerprint density at radius 1 is 1.41 bits per heavy atom. The van der Waals surface area contributed by atoms with E-state index in [0.29, 0.717) is 13.1 Å². The summed E-state index contributed by atoms with van der Waals surface area (Å²) >= 11 is 0.948. The molecule has 2 aliphatic heterocycles. The third kappa shape index (κ3) is 2.61. The Labute approximate surface area is 104 Å². The van der Waals surface area contributed by atoms with Crippen LogP contribution in [-0.4, -0.2) is 65.3 Å². The van der Waals surface area contributed by atoms with Crippen LogP contribution in [0.3, 0.4) is 0 Å². The lowest BCUT2D eigenvalue weighted by atomic mass is 10.2. The van der Waals surface area contributed by atoms with Crippen molar-refractivity contribution in [1.82, 2.24) is 15.1 Å². The Balaban J connectivity index is 1.90. The quantitative estimate of drug-likeness (QED) is 0.722. The van der Waals surface area contributed by atoms with Crippen molar-refractivity contribution in [3.63, 3.8) is 0 Å². The first-order valence-electron chi connectivity index (χ1n) is 5.56. The highest BCUT2D eigenvalue weighted by molar-refractivity contribution is 8.15. The zero-order valence-electron chi connectivity index (χ0n) is 9.64. The molecule has 2 saturated heterocycles. The predicted molar refractivity (Wildman–Crippen MR) is 63.6 cm³/mol. The van der Waals surface area contributed by atoms with E-state index in [2.05, 4.69) is 5.32 Å². The average Bonchev–Trinajstić information content (AvgIpc) is 2.58. The van der Waals surface area contributed by atoms with E-state index in [1.165, 1.54) is 7.05 Å². The van der Waals surface area contributed by atoms with E-state index in [0.717, 1.165) is 29.8 Å². The summed E-state index contributed by atoms with van der Waals surface area (Å²) in [6.45, 7) is 2.93. The number of thioether (sulfide) groups is 1. The Kier molecular flexibility index (Phi) is 3.68. The predicted octanol–water partition coefficient (Wildman–Crippen LogP) is -0.498. The summed E-state index contributed by atoms with van der Waals surface area (Å²) in [5.41, 5.74) is 0. The van der Waals surface area contributed by atoms with E-state index in [1.54, 1.807) is 4.90 Å². The summed E-state index contributed by atoms with van der Waals surface area (Å²) < 4.78 is 0. The molecule has 17 heavy (non-hydrogen) atoms. The molecule has 0 aromatic rings. The summed E-state index contributed by atoms with van der Waals surface area (Å²) in [6, 6.07) is 0. The minimum atomic E-state index is -0.533. The second kappa shape index (κ2) is 5.05. The Morgan fingerprint density at radius 3 is 2.59 bits per heavy atom. The monoisotopic (exact) mass is 257 g/mol. The molecule has 1 unspecified atom stereocenters. The van der Waals surface area contributed by atoms with Gasteiger partial charge in [0.2, 0.25) is 11.8 Å². The molecule has 0 aliphatic carbocycles. The smallest absolute Gasteiger partial charge is 0.288 e. The van der Waals surface area contributed by atoms with Crippen LogP contribution in [-0.2, 0) is 9.59 Å². The summed E-state index contributed by atoms with van der Waals surface area (Å²) in [5.74, 6) is -0.302. The number of carbonyl (C=O) groups excluding carboxylic acids is 3. The van der Waals surface area contributed by atoms with Gasteiger partial charge < -0.3 is 10.2 Å². The lowest BCUT2D eigenvalue weighted by molar-refractivity contribution is -0.134. The molecule has 0 spiro atoms. The zero-order valence-corrected chi connectivity index (χ0v) is 10.5. The van der Waals surface area contributed by atoms with Gasteiger partial charge in [0, 0.05) is 39.6 Å². The maximum absolute atomic E-state index is 11.9. The standard InChI is InChI=1S/C10H15N3O3S/c1-12-9(15)7(17-10(12)16)6-8(14)13-4-2-11-3-5-13/h7,11H,2-6H2,1H3. The van der Waals surface area contributed by atoms with Gasteiger partial charge in [0.05, 0.1) is 0 Å². The molecule has 94 valence electrons. The number of amides is 3. The molecule has 0 saturated carbocycles. The number of imide groups is 1. The van der Waals surface area contributed by atoms with Crippen molar-refractivity contribution in [2.75, 3.05) is 33.2 Å². The summed E-state index contributed by atoms with van der Waals surface area (Å²) in [7, 11) is 1.45. The highest BCUT2D eigenvalue weighted by Gasteiger charge is 2.39. The Bertz CT molecular complexity index is 355. The highest BCUT2D eigenvalue weighted by atomic mass is 32.2. The van der Waals surface area contributed by atoms with E-state index in [1.807, 2.05) is 0 Å². The van der Waals surface area contributed by atoms with Gasteiger partial charge in [0.1, 0.15) is 5.25 Å². The number of carbonyl (C=O) groups is 3. The number of hydrogen-bond acceptors (Lipinski definition) is 5. The fourth-order valence-corrected chi connectivity index (χ4v) is 2.86. The van der Waals surface area contributed by atoms with Crippen molar-refractivity contribution in [1.29, 1.82) is 0 Å². The van der Waals surface area contributed by atoms with Crippen molar-refractivity contribution in [2.45, 2.75) is 11.7 Å². The molecule has 2 fully saturated rings. The fourth-order valence-electron chi connectivity index (χ4n) is 1.89. The number of nitrogens with zero attached hydrogens (tertiary/aromatic N) is 2. The highest BCUT2D eigenvalue weighted by Crippen LogP contribution is 2.28. The van der Waals surface area contributed by atoms with Crippen LogP contribution in [0.5, 0.6) is 0 Å². The van der Waals surface area contributed by atoms with Crippen molar-refractivity contribution < 1.29 is 14.4 Å². The molecule has 1 N–H and O–H groups in total. The van der Waals surface area contributed by atoms with Crippen LogP contribution < -0.4 is 5.32 Å². The van der Waals surface area contributed by atoms with Gasteiger partial charge >= 0.3 is 0 Å². The van der Waals surface area contributed by atoms with E-state index in [-0.39, 0.29) is 23.5 Å². The van der Waals surface area contributed by atoms with Crippen LogP contribution in [0.2, 0.25) is 0 Å². The number of rotatable bonds is 2. The van der Waals surface area contributed by atoms with E-state index >= 15 is 0 Å². The number of piperazine rings is 1. The maximum Gasteiger partial charge on any atom is 0.288 e. The second-order valence-electron chi connectivity index (χ2n) is 4.10. The SMILES string of the molecule is CN1C(=O)SC(CC(=O)N2CCNCC2)C1=O. The molecule has 2 heterocycles. The van der Waals surface area contributed by atoms with Gasteiger partial charge in [-0.1, -0.05) is 11.8 Å². The molecular weight excluding hydrogens is 242 g/mol. The van der Waals surface area contributed by atoms with Gasteiger partial charge in [-0.05, 0) is 0 Å². The van der Waals surface area contributed by atoms with Crippen molar-refractivity contribution in [2.24, 2.45) is 0 Å². The van der Waals surface area contributed by atoms with E-state index in [4.69, 9.17) is 0 Å². The summed E-state index contributed by atoms with van der Waals surface area (Å²) in [5, 5.41) is 2.35. The van der Waals surface area contributed by atoms with Crippen LogP contribution in [0.4, 0.5) is 4.79 Å². The van der Waals surface area contributed by atoms with Gasteiger partial charge in [0.15, 0.2) is 0 Å². The number of hydrogen-bond donors (Lipinski definition) is 1. The molecule has 0 aromatic carbocycles. The summed E-state index contributed by atoms with van der Waals surface area (Å²) in [4.78, 5) is 37.7. The van der Waals surface area contributed by atoms with Crippen LogP contribution in [0.25, 0.3) is 0 Å². The van der Waals surface area contributed by atoms with Gasteiger partial charge in [-0.3, -0.25) is 19.3 Å². The van der Waals surface area contributed by atoms with Crippen molar-refractivity contribution >= 4 is 28.8 Å². The Hall–Kier alpha value is -1.08. The maximum atomic E-state index is 11.9. The molecule has 1 atom stereocenters. The first kappa shape index (κ1) is 12.4. The number of nitrogens with one attached hydrogen (secondary N) is 1. The molecule has 7 heteroatoms. The molecule has 6 nitrogen and oxygen atoms in total. The van der Waals surface area contributed by atoms with E-state index < -0.39 is 5.25 Å². The first-order chi connectivity index (χ1) is 8.09. The van der Waals surface area contributed by atoms with Crippen molar-refractivity contribution in [3.05, 3.63) is 0 Å². The van der Waals surface area contributed by atoms with Crippen LogP contribution >= 0.6 is 11.8 Å². The third-order valence-electron chi connectivity index (χ3n) is 2.95. The molecule has 2 aliphatic rings. The van der Waals surface area contributed by atoms with Crippen molar-refractivity contribution in [3.8, 4) is 0 Å². The Morgan fingerprint density at radius 2 is 2.06 bits per heavy atom. The molecule has 0 radical (unpaired) electrons. The topological polar surface area (TPSA) is 69.7 Å². The van der Waals surface area contributed by atoms with E-state index in [9.17, 15) is 14.4 Å². The first-order valence-corrected chi connectivity index (χ1v) is 6.44. The van der Waals surface area contributed by atoms with Crippen LogP contribution in [0.1, 0.15) is 6.42 Å². The summed E-state index contributed by atoms with van der Waals surface area (Å²) in [6.07, 6.45) is 0.125. The van der Waals surface area contributed by atoms with Gasteiger partial charge in [-0.25, -0.2) is 0 Å². The molecule has 3 amide bonds. The molecule has 2 rings (SSSR count). The lowest BCUT2D eigenvalue weighted by Gasteiger charge is -2.27. The minimum absolute atomic E-state index is 0.0412.